The summed E-state index contributed by atoms with van der Waals surface area (Å²) in [5.41, 5.74) is 7.46. The molecule has 0 aromatic heterocycles. The van der Waals surface area contributed by atoms with E-state index in [0.717, 1.165) is 18.6 Å². The highest BCUT2D eigenvalue weighted by Crippen LogP contribution is 2.29. The lowest BCUT2D eigenvalue weighted by atomic mass is 9.82. The molecular formula is C12H18N2S. The van der Waals surface area contributed by atoms with Crippen LogP contribution in [0.3, 0.4) is 0 Å². The van der Waals surface area contributed by atoms with Gasteiger partial charge in [-0.3, -0.25) is 0 Å². The number of hydrogen-bond acceptors (Lipinski definition) is 2. The first kappa shape index (κ1) is 12.1. The molecule has 0 radical (unpaired) electrons. The van der Waals surface area contributed by atoms with Gasteiger partial charge in [-0.05, 0) is 18.5 Å². The van der Waals surface area contributed by atoms with Crippen LogP contribution in [0.15, 0.2) is 30.3 Å². The zero-order chi connectivity index (χ0) is 11.1. The number of nitrogens with one attached hydrogen (secondary N) is 1. The van der Waals surface area contributed by atoms with Gasteiger partial charge in [0.25, 0.3) is 0 Å². The summed E-state index contributed by atoms with van der Waals surface area (Å²) in [7, 11) is 0. The van der Waals surface area contributed by atoms with E-state index >= 15 is 0 Å². The zero-order valence-electron chi connectivity index (χ0n) is 9.07. The molecule has 2 rings (SSSR count). The van der Waals surface area contributed by atoms with Gasteiger partial charge in [-0.25, -0.2) is 0 Å². The molecule has 1 aliphatic heterocycles. The van der Waals surface area contributed by atoms with Crippen LogP contribution >= 0.6 is 12.2 Å². The summed E-state index contributed by atoms with van der Waals surface area (Å²) in [5, 5.41) is 3.41. The molecule has 1 fully saturated rings. The van der Waals surface area contributed by atoms with Crippen LogP contribution in [0.25, 0.3) is 0 Å². The van der Waals surface area contributed by atoms with Crippen molar-refractivity contribution in [2.75, 3.05) is 13.1 Å². The van der Waals surface area contributed by atoms with Gasteiger partial charge in [-0.15, -0.1) is 0 Å². The number of rotatable bonds is 1. The van der Waals surface area contributed by atoms with Crippen LogP contribution in [-0.2, 0) is 5.41 Å². The quantitative estimate of drug-likeness (QED) is 0.712. The van der Waals surface area contributed by atoms with Crippen LogP contribution in [-0.4, -0.2) is 18.6 Å². The Morgan fingerprint density at radius 1 is 1.40 bits per heavy atom. The van der Waals surface area contributed by atoms with Crippen molar-refractivity contribution in [2.45, 2.75) is 18.8 Å². The van der Waals surface area contributed by atoms with E-state index in [1.54, 1.807) is 0 Å². The summed E-state index contributed by atoms with van der Waals surface area (Å²) in [4.78, 5) is 0. The second kappa shape index (κ2) is 5.83. The summed E-state index contributed by atoms with van der Waals surface area (Å²) in [5.74, 6) is 0. The number of thiocarbonyl (C=S) groups is 1. The Bertz CT molecular complexity index is 292. The minimum Gasteiger partial charge on any atom is -0.396 e. The molecule has 2 nitrogen and oxygen atoms in total. The highest BCUT2D eigenvalue weighted by molar-refractivity contribution is 7.78. The molecule has 0 aliphatic carbocycles. The molecule has 1 saturated heterocycles. The Hall–Kier alpha value is -0.930. The van der Waals surface area contributed by atoms with Crippen LogP contribution in [0.1, 0.15) is 18.9 Å². The molecule has 1 unspecified atom stereocenters. The molecule has 3 heteroatoms. The fourth-order valence-electron chi connectivity index (χ4n) is 1.90. The van der Waals surface area contributed by atoms with Gasteiger partial charge in [0.15, 0.2) is 0 Å². The maximum absolute atomic E-state index is 4.54. The summed E-state index contributed by atoms with van der Waals surface area (Å²) >= 11 is 4.05. The minimum absolute atomic E-state index is 0.376. The van der Waals surface area contributed by atoms with Crippen molar-refractivity contribution in [3.63, 3.8) is 0 Å². The molecule has 1 atom stereocenters. The second-order valence-electron chi connectivity index (χ2n) is 3.99. The van der Waals surface area contributed by atoms with E-state index in [-0.39, 0.29) is 0 Å². The molecule has 0 saturated carbocycles. The van der Waals surface area contributed by atoms with E-state index in [9.17, 15) is 0 Å². The van der Waals surface area contributed by atoms with Gasteiger partial charge in [0, 0.05) is 12.0 Å². The summed E-state index contributed by atoms with van der Waals surface area (Å²) in [6.07, 6.45) is 1.26. The summed E-state index contributed by atoms with van der Waals surface area (Å²) in [6, 6.07) is 10.8. The summed E-state index contributed by atoms with van der Waals surface area (Å²) in [6.45, 7) is 4.62. The van der Waals surface area contributed by atoms with Gasteiger partial charge in [0.2, 0.25) is 0 Å². The van der Waals surface area contributed by atoms with Gasteiger partial charge in [-0.2, -0.15) is 0 Å². The first-order valence-corrected chi connectivity index (χ1v) is 5.62. The maximum atomic E-state index is 4.54. The van der Waals surface area contributed by atoms with Crippen molar-refractivity contribution in [2.24, 2.45) is 5.73 Å². The average molecular weight is 222 g/mol. The van der Waals surface area contributed by atoms with Crippen LogP contribution < -0.4 is 11.1 Å². The monoisotopic (exact) mass is 222 g/mol. The average Bonchev–Trinajstić information content (AvgIpc) is 2.69. The zero-order valence-corrected chi connectivity index (χ0v) is 9.89. The Morgan fingerprint density at radius 2 is 2.00 bits per heavy atom. The Morgan fingerprint density at radius 3 is 2.47 bits per heavy atom. The van der Waals surface area contributed by atoms with E-state index in [1.807, 2.05) is 0 Å². The largest absolute Gasteiger partial charge is 0.396 e. The van der Waals surface area contributed by atoms with Gasteiger partial charge >= 0.3 is 0 Å². The van der Waals surface area contributed by atoms with Gasteiger partial charge in [0.05, 0.1) is 5.49 Å². The molecule has 0 amide bonds. The van der Waals surface area contributed by atoms with E-state index < -0.39 is 0 Å². The van der Waals surface area contributed by atoms with Crippen molar-refractivity contribution < 1.29 is 0 Å². The lowest BCUT2D eigenvalue weighted by Gasteiger charge is -2.22. The molecule has 1 aromatic carbocycles. The third-order valence-corrected chi connectivity index (χ3v) is 2.84. The minimum atomic E-state index is 0.376. The second-order valence-corrected chi connectivity index (χ2v) is 4.26. The number of benzene rings is 1. The lowest BCUT2D eigenvalue weighted by molar-refractivity contribution is 0.525. The molecule has 82 valence electrons. The maximum Gasteiger partial charge on any atom is 0.0588 e. The third-order valence-electron chi connectivity index (χ3n) is 2.84. The molecule has 0 bridgehead atoms. The SMILES string of the molecule is CC1(c2ccccc2)CCNC1.NC=S. The van der Waals surface area contributed by atoms with Crippen LogP contribution in [0.2, 0.25) is 0 Å². The Labute approximate surface area is 96.9 Å². The van der Waals surface area contributed by atoms with Crippen molar-refractivity contribution >= 4 is 17.7 Å². The Balaban J connectivity index is 0.000000337. The normalized spacial score (nSPS) is 24.1. The van der Waals surface area contributed by atoms with Crippen molar-refractivity contribution in [3.05, 3.63) is 35.9 Å². The molecule has 3 N–H and O–H groups in total. The van der Waals surface area contributed by atoms with E-state index in [0.29, 0.717) is 5.41 Å². The highest BCUT2D eigenvalue weighted by atomic mass is 32.1. The topological polar surface area (TPSA) is 38.0 Å². The highest BCUT2D eigenvalue weighted by Gasteiger charge is 2.29. The molecule has 1 aliphatic rings. The smallest absolute Gasteiger partial charge is 0.0588 e. The predicted molar refractivity (Wildman–Crippen MR) is 69.1 cm³/mol. The predicted octanol–water partition coefficient (Wildman–Crippen LogP) is 1.84. The van der Waals surface area contributed by atoms with Crippen molar-refractivity contribution in [1.82, 2.24) is 5.32 Å². The van der Waals surface area contributed by atoms with Crippen molar-refractivity contribution in [3.8, 4) is 0 Å². The third kappa shape index (κ3) is 3.29. The first-order valence-electron chi connectivity index (χ1n) is 5.14. The molecule has 1 aromatic rings. The summed E-state index contributed by atoms with van der Waals surface area (Å²) < 4.78 is 0. The van der Waals surface area contributed by atoms with Crippen LogP contribution in [0.5, 0.6) is 0 Å². The van der Waals surface area contributed by atoms with Gasteiger partial charge in [0.1, 0.15) is 0 Å². The number of hydrogen-bond donors (Lipinski definition) is 2. The Kier molecular flexibility index (Phi) is 4.72. The van der Waals surface area contributed by atoms with E-state index in [2.05, 4.69) is 60.5 Å². The lowest BCUT2D eigenvalue weighted by Crippen LogP contribution is -2.24. The van der Waals surface area contributed by atoms with E-state index in [4.69, 9.17) is 0 Å². The molecular weight excluding hydrogens is 204 g/mol. The molecule has 0 spiro atoms. The van der Waals surface area contributed by atoms with E-state index in [1.165, 1.54) is 12.0 Å². The molecule has 15 heavy (non-hydrogen) atoms. The van der Waals surface area contributed by atoms with Gasteiger partial charge in [-0.1, -0.05) is 49.5 Å². The van der Waals surface area contributed by atoms with Gasteiger partial charge < -0.3 is 11.1 Å². The first-order chi connectivity index (χ1) is 7.23. The number of nitrogens with two attached hydrogens (primary N) is 1. The van der Waals surface area contributed by atoms with Crippen LogP contribution in [0, 0.1) is 0 Å². The van der Waals surface area contributed by atoms with Crippen molar-refractivity contribution in [1.29, 1.82) is 0 Å². The fraction of sp³-hybridized carbons (Fsp3) is 0.417. The molecule has 1 heterocycles. The standard InChI is InChI=1S/C11H15N.CH3NS/c1-11(7-8-12-9-11)10-5-3-2-4-6-10;2-1-3/h2-6,12H,7-9H2,1H3;1H,(H2,2,3). The van der Waals surface area contributed by atoms with Crippen LogP contribution in [0.4, 0.5) is 0 Å². The fourth-order valence-corrected chi connectivity index (χ4v) is 1.90.